The first-order valence-corrected chi connectivity index (χ1v) is 9.80. The number of fused-ring (bicyclic) bond motifs is 1. The number of carbonyl (C=O) groups is 1. The Bertz CT molecular complexity index is 1290. The summed E-state index contributed by atoms with van der Waals surface area (Å²) in [5, 5.41) is 0.832. The number of hydrogen-bond acceptors (Lipinski definition) is 4. The Kier molecular flexibility index (Phi) is 5.23. The topological polar surface area (TPSA) is 56.5 Å². The van der Waals surface area contributed by atoms with Gasteiger partial charge in [0.1, 0.15) is 11.3 Å². The third-order valence-corrected chi connectivity index (χ3v) is 5.31. The third kappa shape index (κ3) is 3.90. The fraction of sp³-hybridized carbons (Fsp3) is 0.154. The van der Waals surface area contributed by atoms with E-state index in [9.17, 15) is 9.59 Å². The number of benzene rings is 3. The molecule has 0 aliphatic rings. The van der Waals surface area contributed by atoms with Crippen molar-refractivity contribution < 1.29 is 13.9 Å². The summed E-state index contributed by atoms with van der Waals surface area (Å²) in [5.74, 6) is 0.331. The van der Waals surface area contributed by atoms with E-state index in [4.69, 9.17) is 9.15 Å². The zero-order valence-electron chi connectivity index (χ0n) is 17.1. The van der Waals surface area contributed by atoms with Crippen LogP contribution >= 0.6 is 0 Å². The second kappa shape index (κ2) is 7.99. The maximum Gasteiger partial charge on any atom is 0.336 e. The van der Waals surface area contributed by atoms with E-state index in [0.717, 1.165) is 27.6 Å². The Morgan fingerprint density at radius 1 is 0.833 bits per heavy atom. The maximum atomic E-state index is 13.4. The highest BCUT2D eigenvalue weighted by atomic mass is 16.5. The monoisotopic (exact) mass is 398 g/mol. The quantitative estimate of drug-likeness (QED) is 0.319. The van der Waals surface area contributed by atoms with E-state index < -0.39 is 11.7 Å². The summed E-state index contributed by atoms with van der Waals surface area (Å²) in [5.41, 5.74) is 4.38. The van der Waals surface area contributed by atoms with Gasteiger partial charge >= 0.3 is 5.63 Å². The van der Waals surface area contributed by atoms with Gasteiger partial charge in [0, 0.05) is 28.6 Å². The molecule has 0 saturated heterocycles. The Labute approximate surface area is 174 Å². The maximum absolute atomic E-state index is 13.4. The van der Waals surface area contributed by atoms with Gasteiger partial charge in [0.25, 0.3) is 0 Å². The van der Waals surface area contributed by atoms with Crippen LogP contribution in [-0.4, -0.2) is 5.78 Å². The predicted molar refractivity (Wildman–Crippen MR) is 117 cm³/mol. The molecule has 1 heterocycles. The first-order valence-electron chi connectivity index (χ1n) is 9.80. The number of carbonyl (C=O) groups excluding carboxylic acids is 1. The Hall–Kier alpha value is -3.66. The van der Waals surface area contributed by atoms with Crippen molar-refractivity contribution in [3.05, 3.63) is 111 Å². The smallest absolute Gasteiger partial charge is 0.336 e. The van der Waals surface area contributed by atoms with E-state index >= 15 is 0 Å². The summed E-state index contributed by atoms with van der Waals surface area (Å²) in [7, 11) is 0. The van der Waals surface area contributed by atoms with Crippen LogP contribution in [0.25, 0.3) is 11.0 Å². The molecular formula is C26H22O4. The zero-order chi connectivity index (χ0) is 21.3. The van der Waals surface area contributed by atoms with Crippen molar-refractivity contribution in [1.29, 1.82) is 0 Å². The first kappa shape index (κ1) is 19.6. The molecule has 4 heteroatoms. The van der Waals surface area contributed by atoms with E-state index in [-0.39, 0.29) is 5.78 Å². The van der Waals surface area contributed by atoms with E-state index in [1.165, 1.54) is 6.07 Å². The van der Waals surface area contributed by atoms with Crippen LogP contribution in [0.15, 0.2) is 82.0 Å². The van der Waals surface area contributed by atoms with Gasteiger partial charge in [-0.05, 0) is 55.7 Å². The van der Waals surface area contributed by atoms with Gasteiger partial charge in [-0.1, -0.05) is 42.5 Å². The fourth-order valence-electron chi connectivity index (χ4n) is 3.46. The molecule has 4 aromatic rings. The van der Waals surface area contributed by atoms with Crippen molar-refractivity contribution in [2.75, 3.05) is 0 Å². The average molecular weight is 398 g/mol. The van der Waals surface area contributed by atoms with Gasteiger partial charge in [-0.2, -0.15) is 0 Å². The molecular weight excluding hydrogens is 376 g/mol. The molecule has 1 aromatic heterocycles. The molecule has 0 aliphatic carbocycles. The molecule has 3 aromatic carbocycles. The second-order valence-electron chi connectivity index (χ2n) is 7.48. The van der Waals surface area contributed by atoms with Gasteiger partial charge < -0.3 is 9.15 Å². The van der Waals surface area contributed by atoms with Gasteiger partial charge in [0.05, 0.1) is 0 Å². The highest BCUT2D eigenvalue weighted by Gasteiger charge is 2.24. The third-order valence-electron chi connectivity index (χ3n) is 5.31. The van der Waals surface area contributed by atoms with E-state index in [2.05, 4.69) is 0 Å². The highest BCUT2D eigenvalue weighted by molar-refractivity contribution is 6.00. The molecule has 4 nitrogen and oxygen atoms in total. The molecule has 0 bridgehead atoms. The molecule has 0 saturated carbocycles. The van der Waals surface area contributed by atoms with E-state index in [1.54, 1.807) is 12.1 Å². The van der Waals surface area contributed by atoms with Crippen molar-refractivity contribution in [2.24, 2.45) is 0 Å². The number of ether oxygens (including phenoxy) is 1. The summed E-state index contributed by atoms with van der Waals surface area (Å²) in [6.07, 6.45) is -0.817. The van der Waals surface area contributed by atoms with Crippen LogP contribution in [0.3, 0.4) is 0 Å². The van der Waals surface area contributed by atoms with Gasteiger partial charge in [-0.3, -0.25) is 4.79 Å². The van der Waals surface area contributed by atoms with Crippen LogP contribution in [0.1, 0.15) is 38.7 Å². The molecule has 4 rings (SSSR count). The summed E-state index contributed by atoms with van der Waals surface area (Å²) in [4.78, 5) is 25.1. The SMILES string of the molecule is Cc1ccc(C(=O)[C@@H](Oc2ccc3c(C)cc(=O)oc3c2)c2ccccc2)cc1C. The van der Waals surface area contributed by atoms with Crippen LogP contribution in [0.4, 0.5) is 0 Å². The second-order valence-corrected chi connectivity index (χ2v) is 7.48. The minimum atomic E-state index is -0.817. The fourth-order valence-corrected chi connectivity index (χ4v) is 3.46. The number of ketones is 1. The molecule has 0 radical (unpaired) electrons. The minimum absolute atomic E-state index is 0.130. The summed E-state index contributed by atoms with van der Waals surface area (Å²) in [6, 6.07) is 21.8. The molecule has 0 unspecified atom stereocenters. The molecule has 0 spiro atoms. The Balaban J connectivity index is 1.75. The minimum Gasteiger partial charge on any atom is -0.477 e. The molecule has 0 N–H and O–H groups in total. The summed E-state index contributed by atoms with van der Waals surface area (Å²) in [6.45, 7) is 5.85. The summed E-state index contributed by atoms with van der Waals surface area (Å²) >= 11 is 0. The molecule has 1 atom stereocenters. The van der Waals surface area contributed by atoms with Crippen molar-refractivity contribution in [2.45, 2.75) is 26.9 Å². The first-order chi connectivity index (χ1) is 14.4. The van der Waals surface area contributed by atoms with Gasteiger partial charge in [0.2, 0.25) is 5.78 Å². The van der Waals surface area contributed by atoms with E-state index in [1.807, 2.05) is 75.4 Å². The highest BCUT2D eigenvalue weighted by Crippen LogP contribution is 2.29. The van der Waals surface area contributed by atoms with Crippen molar-refractivity contribution >= 4 is 16.8 Å². The van der Waals surface area contributed by atoms with E-state index in [0.29, 0.717) is 16.9 Å². The van der Waals surface area contributed by atoms with Crippen LogP contribution in [0, 0.1) is 20.8 Å². The lowest BCUT2D eigenvalue weighted by atomic mass is 9.97. The van der Waals surface area contributed by atoms with Gasteiger partial charge in [-0.15, -0.1) is 0 Å². The molecule has 30 heavy (non-hydrogen) atoms. The number of rotatable bonds is 5. The Morgan fingerprint density at radius 2 is 1.60 bits per heavy atom. The van der Waals surface area contributed by atoms with Crippen LogP contribution in [0.5, 0.6) is 5.75 Å². The summed E-state index contributed by atoms with van der Waals surface area (Å²) < 4.78 is 11.5. The lowest BCUT2D eigenvalue weighted by Gasteiger charge is -2.19. The van der Waals surface area contributed by atoms with Crippen molar-refractivity contribution in [3.8, 4) is 5.75 Å². The zero-order valence-corrected chi connectivity index (χ0v) is 17.1. The molecule has 0 aliphatic heterocycles. The predicted octanol–water partition coefficient (Wildman–Crippen LogP) is 5.72. The molecule has 0 amide bonds. The molecule has 0 fully saturated rings. The van der Waals surface area contributed by atoms with Crippen molar-refractivity contribution in [1.82, 2.24) is 0 Å². The lowest BCUT2D eigenvalue weighted by Crippen LogP contribution is -2.19. The van der Waals surface area contributed by atoms with Crippen molar-refractivity contribution in [3.63, 3.8) is 0 Å². The average Bonchev–Trinajstić information content (AvgIpc) is 2.73. The van der Waals surface area contributed by atoms with Gasteiger partial charge in [-0.25, -0.2) is 4.79 Å². The van der Waals surface area contributed by atoms with Gasteiger partial charge in [0.15, 0.2) is 6.10 Å². The van der Waals surface area contributed by atoms with Crippen LogP contribution < -0.4 is 10.4 Å². The Morgan fingerprint density at radius 3 is 2.33 bits per heavy atom. The number of aryl methyl sites for hydroxylation is 3. The van der Waals surface area contributed by atoms with Crippen LogP contribution in [-0.2, 0) is 0 Å². The lowest BCUT2D eigenvalue weighted by molar-refractivity contribution is 0.0792. The normalized spacial score (nSPS) is 12.0. The van der Waals surface area contributed by atoms with Crippen LogP contribution in [0.2, 0.25) is 0 Å². The number of hydrogen-bond donors (Lipinski definition) is 0. The largest absolute Gasteiger partial charge is 0.477 e. The standard InChI is InChI=1S/C26H22O4/c1-16-9-10-20(13-17(16)2)25(28)26(19-7-5-4-6-8-19)29-21-11-12-22-18(3)14-24(27)30-23(22)15-21/h4-15,26H,1-3H3/t26-/m0/s1. The molecule has 150 valence electrons. The number of Topliss-reactive ketones (excluding diaryl/α,β-unsaturated/α-hetero) is 1.